The molecule has 0 aliphatic carbocycles. The van der Waals surface area contributed by atoms with E-state index >= 15 is 0 Å². The zero-order valence-corrected chi connectivity index (χ0v) is 23.6. The average molecular weight is 587 g/mol. The van der Waals surface area contributed by atoms with Crippen molar-refractivity contribution in [1.82, 2.24) is 10.2 Å². The molecule has 2 amide bonds. The lowest BCUT2D eigenvalue weighted by atomic mass is 10.1. The molecule has 0 saturated carbocycles. The van der Waals surface area contributed by atoms with E-state index in [4.69, 9.17) is 0 Å². The molecular formula is C28H32BrN3O4S. The Bertz CT molecular complexity index is 1300. The van der Waals surface area contributed by atoms with Crippen LogP contribution in [0.2, 0.25) is 0 Å². The van der Waals surface area contributed by atoms with Gasteiger partial charge < -0.3 is 10.2 Å². The van der Waals surface area contributed by atoms with Crippen LogP contribution in [0.3, 0.4) is 0 Å². The van der Waals surface area contributed by atoms with Gasteiger partial charge in [-0.25, -0.2) is 8.42 Å². The Morgan fingerprint density at radius 3 is 2.11 bits per heavy atom. The molecule has 0 aliphatic rings. The number of hydrogen-bond acceptors (Lipinski definition) is 4. The maximum absolute atomic E-state index is 13.8. The molecule has 0 aromatic heterocycles. The summed E-state index contributed by atoms with van der Waals surface area (Å²) < 4.78 is 29.2. The Morgan fingerprint density at radius 1 is 0.892 bits per heavy atom. The molecule has 37 heavy (non-hydrogen) atoms. The molecule has 7 nitrogen and oxygen atoms in total. The Hall–Kier alpha value is -3.17. The fourth-order valence-corrected chi connectivity index (χ4v) is 5.67. The van der Waals surface area contributed by atoms with Crippen LogP contribution < -0.4 is 9.62 Å². The van der Waals surface area contributed by atoms with Gasteiger partial charge in [-0.3, -0.25) is 13.9 Å². The van der Waals surface area contributed by atoms with Crippen LogP contribution in [0.1, 0.15) is 26.3 Å². The zero-order chi connectivity index (χ0) is 27.0. The van der Waals surface area contributed by atoms with Crippen LogP contribution >= 0.6 is 15.9 Å². The number of anilines is 1. The van der Waals surface area contributed by atoms with Gasteiger partial charge in [0.15, 0.2) is 0 Å². The molecule has 0 spiro atoms. The summed E-state index contributed by atoms with van der Waals surface area (Å²) in [6.45, 7) is 5.16. The summed E-state index contributed by atoms with van der Waals surface area (Å²) in [4.78, 5) is 28.2. The van der Waals surface area contributed by atoms with Crippen molar-refractivity contribution in [3.63, 3.8) is 0 Å². The van der Waals surface area contributed by atoms with Crippen molar-refractivity contribution in [2.75, 3.05) is 17.4 Å². The summed E-state index contributed by atoms with van der Waals surface area (Å²) in [5.74, 6) is -0.766. The van der Waals surface area contributed by atoms with E-state index in [1.165, 1.54) is 17.0 Å². The minimum absolute atomic E-state index is 0.0733. The maximum Gasteiger partial charge on any atom is 0.264 e. The number of nitrogens with zero attached hydrogens (tertiary/aromatic N) is 2. The molecule has 0 fully saturated rings. The van der Waals surface area contributed by atoms with Crippen molar-refractivity contribution in [2.24, 2.45) is 0 Å². The van der Waals surface area contributed by atoms with E-state index < -0.39 is 28.5 Å². The second-order valence-electron chi connectivity index (χ2n) is 8.97. The van der Waals surface area contributed by atoms with Crippen LogP contribution in [0.5, 0.6) is 0 Å². The van der Waals surface area contributed by atoms with Gasteiger partial charge in [0.1, 0.15) is 12.6 Å². The second kappa shape index (κ2) is 12.9. The number of halogens is 1. The van der Waals surface area contributed by atoms with Crippen molar-refractivity contribution in [2.45, 2.75) is 44.2 Å². The van der Waals surface area contributed by atoms with Crippen LogP contribution in [0.25, 0.3) is 0 Å². The number of carbonyl (C=O) groups is 2. The van der Waals surface area contributed by atoms with Crippen LogP contribution in [-0.2, 0) is 26.0 Å². The molecular weight excluding hydrogens is 554 g/mol. The monoisotopic (exact) mass is 585 g/mol. The van der Waals surface area contributed by atoms with E-state index in [0.717, 1.165) is 9.87 Å². The van der Waals surface area contributed by atoms with Crippen molar-refractivity contribution in [3.8, 4) is 0 Å². The van der Waals surface area contributed by atoms with Gasteiger partial charge >= 0.3 is 0 Å². The molecule has 0 saturated heterocycles. The molecule has 3 rings (SSSR count). The van der Waals surface area contributed by atoms with Crippen molar-refractivity contribution in [3.05, 3.63) is 95.0 Å². The molecule has 0 radical (unpaired) electrons. The molecule has 3 aromatic carbocycles. The fourth-order valence-electron chi connectivity index (χ4n) is 3.85. The highest BCUT2D eigenvalue weighted by Crippen LogP contribution is 2.26. The number of hydrogen-bond donors (Lipinski definition) is 1. The number of nitrogens with one attached hydrogen (secondary N) is 1. The topological polar surface area (TPSA) is 86.8 Å². The third-order valence-corrected chi connectivity index (χ3v) is 8.07. The quantitative estimate of drug-likeness (QED) is 0.355. The minimum atomic E-state index is -4.07. The summed E-state index contributed by atoms with van der Waals surface area (Å²) >= 11 is 3.39. The highest BCUT2D eigenvalue weighted by Gasteiger charge is 2.32. The summed E-state index contributed by atoms with van der Waals surface area (Å²) in [7, 11) is -4.07. The number of rotatable bonds is 11. The first-order chi connectivity index (χ1) is 17.6. The van der Waals surface area contributed by atoms with Gasteiger partial charge in [-0.15, -0.1) is 0 Å². The lowest BCUT2D eigenvalue weighted by molar-refractivity contribution is -0.139. The average Bonchev–Trinajstić information content (AvgIpc) is 2.88. The second-order valence-corrected chi connectivity index (χ2v) is 11.7. The number of sulfonamides is 1. The van der Waals surface area contributed by atoms with Gasteiger partial charge in [-0.2, -0.15) is 0 Å². The largest absolute Gasteiger partial charge is 0.352 e. The molecule has 1 N–H and O–H groups in total. The summed E-state index contributed by atoms with van der Waals surface area (Å²) in [6, 6.07) is 23.5. The number of carbonyl (C=O) groups excluding carboxylic acids is 2. The SMILES string of the molecule is CC(C)NC(=O)[C@H](C)N(CCc1ccccc1)C(=O)CN(c1cccc(Br)c1)S(=O)(=O)c1ccccc1. The van der Waals surface area contributed by atoms with Gasteiger partial charge in [0.25, 0.3) is 10.0 Å². The predicted molar refractivity (Wildman–Crippen MR) is 150 cm³/mol. The van der Waals surface area contributed by atoms with E-state index in [-0.39, 0.29) is 23.4 Å². The van der Waals surface area contributed by atoms with Gasteiger partial charge in [0.05, 0.1) is 10.6 Å². The molecule has 9 heteroatoms. The lowest BCUT2D eigenvalue weighted by Gasteiger charge is -2.32. The van der Waals surface area contributed by atoms with Gasteiger partial charge in [-0.05, 0) is 63.1 Å². The minimum Gasteiger partial charge on any atom is -0.352 e. The van der Waals surface area contributed by atoms with Gasteiger partial charge in [0.2, 0.25) is 11.8 Å². The highest BCUT2D eigenvalue weighted by atomic mass is 79.9. The van der Waals surface area contributed by atoms with Crippen molar-refractivity contribution < 1.29 is 18.0 Å². The van der Waals surface area contributed by atoms with E-state index in [2.05, 4.69) is 21.2 Å². The fraction of sp³-hybridized carbons (Fsp3) is 0.286. The molecule has 3 aromatic rings. The third-order valence-electron chi connectivity index (χ3n) is 5.79. The highest BCUT2D eigenvalue weighted by molar-refractivity contribution is 9.10. The molecule has 0 unspecified atom stereocenters. The van der Waals surface area contributed by atoms with Crippen molar-refractivity contribution >= 4 is 43.5 Å². The number of benzene rings is 3. The van der Waals surface area contributed by atoms with Gasteiger partial charge in [-0.1, -0.05) is 70.5 Å². The normalized spacial score (nSPS) is 12.1. The Labute approximate surface area is 227 Å². The first-order valence-corrected chi connectivity index (χ1v) is 14.3. The third kappa shape index (κ3) is 7.66. The molecule has 0 bridgehead atoms. The van der Waals surface area contributed by atoms with Crippen molar-refractivity contribution in [1.29, 1.82) is 0 Å². The smallest absolute Gasteiger partial charge is 0.264 e. The van der Waals surface area contributed by atoms with Gasteiger partial charge in [0, 0.05) is 17.1 Å². The zero-order valence-electron chi connectivity index (χ0n) is 21.2. The molecule has 0 aliphatic heterocycles. The number of amides is 2. The summed E-state index contributed by atoms with van der Waals surface area (Å²) in [6.07, 6.45) is 0.522. The van der Waals surface area contributed by atoms with Crippen LogP contribution in [-0.4, -0.2) is 50.3 Å². The first kappa shape index (κ1) is 28.4. The Kier molecular flexibility index (Phi) is 9.88. The lowest BCUT2D eigenvalue weighted by Crippen LogP contribution is -2.53. The maximum atomic E-state index is 13.8. The molecule has 0 heterocycles. The van der Waals surface area contributed by atoms with E-state index in [1.807, 2.05) is 44.2 Å². The summed E-state index contributed by atoms with van der Waals surface area (Å²) in [5, 5.41) is 2.85. The Balaban J connectivity index is 1.96. The molecule has 196 valence electrons. The first-order valence-electron chi connectivity index (χ1n) is 12.1. The van der Waals surface area contributed by atoms with E-state index in [9.17, 15) is 18.0 Å². The standard InChI is InChI=1S/C28H32BrN3O4S/c1-21(2)30-28(34)22(3)31(18-17-23-11-6-4-7-12-23)27(33)20-32(25-14-10-13-24(29)19-25)37(35,36)26-15-8-5-9-16-26/h4-16,19,21-22H,17-18,20H2,1-3H3,(H,30,34)/t22-/m0/s1. The van der Waals surface area contributed by atoms with Crippen LogP contribution in [0, 0.1) is 0 Å². The predicted octanol–water partition coefficient (Wildman–Crippen LogP) is 4.63. The van der Waals surface area contributed by atoms with E-state index in [0.29, 0.717) is 16.6 Å². The molecule has 1 atom stereocenters. The van der Waals surface area contributed by atoms with Crippen LogP contribution in [0.4, 0.5) is 5.69 Å². The summed E-state index contributed by atoms with van der Waals surface area (Å²) in [5.41, 5.74) is 1.35. The van der Waals surface area contributed by atoms with Crippen LogP contribution in [0.15, 0.2) is 94.3 Å². The Morgan fingerprint density at radius 2 is 1.51 bits per heavy atom. The van der Waals surface area contributed by atoms with E-state index in [1.54, 1.807) is 49.4 Å².